The van der Waals surface area contributed by atoms with Crippen LogP contribution in [0.25, 0.3) is 0 Å². The van der Waals surface area contributed by atoms with E-state index in [4.69, 9.17) is 5.73 Å². The standard InChI is InChI=1S/C12H22N2O/c1-8-5-6-12(11(13)15,7-9(8)2)14-10-3-4-10/h8-10,14H,3-7H2,1-2H3,(H2,13,15). The third kappa shape index (κ3) is 2.17. The molecule has 2 rings (SSSR count). The van der Waals surface area contributed by atoms with E-state index in [2.05, 4.69) is 19.2 Å². The molecule has 3 unspecified atom stereocenters. The molecule has 1 amide bonds. The Labute approximate surface area is 91.8 Å². The normalized spacial score (nSPS) is 41.5. The first kappa shape index (κ1) is 10.9. The van der Waals surface area contributed by atoms with Gasteiger partial charge in [-0.2, -0.15) is 0 Å². The first-order valence-electron chi connectivity index (χ1n) is 6.11. The van der Waals surface area contributed by atoms with Crippen LogP contribution in [0.3, 0.4) is 0 Å². The van der Waals surface area contributed by atoms with Crippen LogP contribution < -0.4 is 11.1 Å². The number of carbonyl (C=O) groups excluding carboxylic acids is 1. The zero-order valence-corrected chi connectivity index (χ0v) is 9.75. The van der Waals surface area contributed by atoms with Crippen molar-refractivity contribution in [3.05, 3.63) is 0 Å². The molecule has 3 nitrogen and oxygen atoms in total. The fraction of sp³-hybridized carbons (Fsp3) is 0.917. The van der Waals surface area contributed by atoms with Crippen molar-refractivity contribution in [2.45, 2.75) is 57.5 Å². The summed E-state index contributed by atoms with van der Waals surface area (Å²) >= 11 is 0. The van der Waals surface area contributed by atoms with E-state index >= 15 is 0 Å². The molecule has 86 valence electrons. The van der Waals surface area contributed by atoms with Crippen molar-refractivity contribution < 1.29 is 4.79 Å². The lowest BCUT2D eigenvalue weighted by Gasteiger charge is -2.41. The van der Waals surface area contributed by atoms with Crippen LogP contribution in [0.5, 0.6) is 0 Å². The van der Waals surface area contributed by atoms with E-state index in [0.717, 1.165) is 25.2 Å². The van der Waals surface area contributed by atoms with E-state index in [1.165, 1.54) is 12.8 Å². The molecule has 15 heavy (non-hydrogen) atoms. The largest absolute Gasteiger partial charge is 0.368 e. The number of rotatable bonds is 3. The molecule has 0 saturated heterocycles. The number of amides is 1. The average molecular weight is 210 g/mol. The number of nitrogens with two attached hydrogens (primary N) is 1. The van der Waals surface area contributed by atoms with Crippen molar-refractivity contribution in [3.63, 3.8) is 0 Å². The second-order valence-electron chi connectivity index (χ2n) is 5.56. The minimum atomic E-state index is -0.396. The summed E-state index contributed by atoms with van der Waals surface area (Å²) in [4.78, 5) is 11.7. The van der Waals surface area contributed by atoms with E-state index in [0.29, 0.717) is 12.0 Å². The summed E-state index contributed by atoms with van der Waals surface area (Å²) in [6.07, 6.45) is 5.37. The van der Waals surface area contributed by atoms with Crippen molar-refractivity contribution in [1.29, 1.82) is 0 Å². The fourth-order valence-electron chi connectivity index (χ4n) is 2.66. The van der Waals surface area contributed by atoms with Gasteiger partial charge >= 0.3 is 0 Å². The molecule has 3 N–H and O–H groups in total. The van der Waals surface area contributed by atoms with Gasteiger partial charge in [0.1, 0.15) is 0 Å². The summed E-state index contributed by atoms with van der Waals surface area (Å²) in [6, 6.07) is 0.554. The molecule has 0 aliphatic heterocycles. The maximum Gasteiger partial charge on any atom is 0.237 e. The molecule has 3 heteroatoms. The van der Waals surface area contributed by atoms with Crippen LogP contribution in [0.2, 0.25) is 0 Å². The van der Waals surface area contributed by atoms with Gasteiger partial charge in [0, 0.05) is 6.04 Å². The van der Waals surface area contributed by atoms with Crippen molar-refractivity contribution in [2.75, 3.05) is 0 Å². The minimum absolute atomic E-state index is 0.145. The monoisotopic (exact) mass is 210 g/mol. The van der Waals surface area contributed by atoms with Crippen LogP contribution >= 0.6 is 0 Å². The molecule has 0 spiro atoms. The van der Waals surface area contributed by atoms with E-state index in [-0.39, 0.29) is 5.91 Å². The molecular formula is C12H22N2O. The zero-order chi connectivity index (χ0) is 11.1. The number of hydrogen-bond donors (Lipinski definition) is 2. The van der Waals surface area contributed by atoms with Gasteiger partial charge in [-0.1, -0.05) is 13.8 Å². The minimum Gasteiger partial charge on any atom is -0.368 e. The molecular weight excluding hydrogens is 188 g/mol. The van der Waals surface area contributed by atoms with Gasteiger partial charge in [0.15, 0.2) is 0 Å². The predicted octanol–water partition coefficient (Wildman–Crippen LogP) is 1.42. The molecule has 0 aromatic heterocycles. The molecule has 0 aromatic rings. The second-order valence-corrected chi connectivity index (χ2v) is 5.56. The van der Waals surface area contributed by atoms with Gasteiger partial charge < -0.3 is 11.1 Å². The van der Waals surface area contributed by atoms with Crippen molar-refractivity contribution >= 4 is 5.91 Å². The van der Waals surface area contributed by atoms with Crippen molar-refractivity contribution in [2.24, 2.45) is 17.6 Å². The van der Waals surface area contributed by atoms with Crippen LogP contribution in [-0.2, 0) is 4.79 Å². The van der Waals surface area contributed by atoms with E-state index in [1.807, 2.05) is 0 Å². The number of carbonyl (C=O) groups is 1. The topological polar surface area (TPSA) is 55.1 Å². The summed E-state index contributed by atoms with van der Waals surface area (Å²) in [7, 11) is 0. The molecule has 2 fully saturated rings. The van der Waals surface area contributed by atoms with Gasteiger partial charge in [-0.25, -0.2) is 0 Å². The SMILES string of the molecule is CC1CCC(NC2CC2)(C(N)=O)CC1C. The van der Waals surface area contributed by atoms with E-state index in [1.54, 1.807) is 0 Å². The lowest BCUT2D eigenvalue weighted by atomic mass is 9.71. The Bertz CT molecular complexity index is 262. The second kappa shape index (κ2) is 3.78. The van der Waals surface area contributed by atoms with Crippen LogP contribution in [0.4, 0.5) is 0 Å². The zero-order valence-electron chi connectivity index (χ0n) is 9.75. The maximum atomic E-state index is 11.7. The summed E-state index contributed by atoms with van der Waals surface area (Å²) in [5.74, 6) is 1.17. The van der Waals surface area contributed by atoms with Gasteiger partial charge in [0.05, 0.1) is 5.54 Å². The number of hydrogen-bond acceptors (Lipinski definition) is 2. The Morgan fingerprint density at radius 3 is 2.40 bits per heavy atom. The third-order valence-corrected chi connectivity index (χ3v) is 4.20. The maximum absolute atomic E-state index is 11.7. The van der Waals surface area contributed by atoms with Crippen molar-refractivity contribution in [3.8, 4) is 0 Å². The Hall–Kier alpha value is -0.570. The van der Waals surface area contributed by atoms with Gasteiger partial charge in [-0.05, 0) is 43.9 Å². The van der Waals surface area contributed by atoms with E-state index in [9.17, 15) is 4.79 Å². The predicted molar refractivity (Wildman–Crippen MR) is 60.3 cm³/mol. The van der Waals surface area contributed by atoms with Gasteiger partial charge in [0.2, 0.25) is 5.91 Å². The summed E-state index contributed by atoms with van der Waals surface area (Å²) in [6.45, 7) is 4.50. The summed E-state index contributed by atoms with van der Waals surface area (Å²) in [5.41, 5.74) is 5.19. The molecule has 0 radical (unpaired) electrons. The smallest absolute Gasteiger partial charge is 0.237 e. The summed E-state index contributed by atoms with van der Waals surface area (Å²) in [5, 5.41) is 3.48. The van der Waals surface area contributed by atoms with Crippen molar-refractivity contribution in [1.82, 2.24) is 5.32 Å². The average Bonchev–Trinajstić information content (AvgIpc) is 2.95. The Kier molecular flexibility index (Phi) is 2.75. The Morgan fingerprint density at radius 2 is 1.93 bits per heavy atom. The van der Waals surface area contributed by atoms with Crippen LogP contribution in [0, 0.1) is 11.8 Å². The van der Waals surface area contributed by atoms with E-state index < -0.39 is 5.54 Å². The Morgan fingerprint density at radius 1 is 1.27 bits per heavy atom. The lowest BCUT2D eigenvalue weighted by Crippen LogP contribution is -2.59. The lowest BCUT2D eigenvalue weighted by molar-refractivity contribution is -0.127. The molecule has 0 bridgehead atoms. The first-order valence-corrected chi connectivity index (χ1v) is 6.11. The number of nitrogens with one attached hydrogen (secondary N) is 1. The molecule has 0 heterocycles. The van der Waals surface area contributed by atoms with Gasteiger partial charge in [0.25, 0.3) is 0 Å². The highest BCUT2D eigenvalue weighted by molar-refractivity contribution is 5.85. The highest BCUT2D eigenvalue weighted by Crippen LogP contribution is 2.38. The number of primary amides is 1. The third-order valence-electron chi connectivity index (χ3n) is 4.20. The molecule has 0 aromatic carbocycles. The summed E-state index contributed by atoms with van der Waals surface area (Å²) < 4.78 is 0. The van der Waals surface area contributed by atoms with Crippen LogP contribution in [-0.4, -0.2) is 17.5 Å². The van der Waals surface area contributed by atoms with Gasteiger partial charge in [-0.15, -0.1) is 0 Å². The first-order chi connectivity index (χ1) is 7.03. The molecule has 2 aliphatic carbocycles. The van der Waals surface area contributed by atoms with Crippen LogP contribution in [0.1, 0.15) is 46.0 Å². The molecule has 2 saturated carbocycles. The highest BCUT2D eigenvalue weighted by atomic mass is 16.1. The van der Waals surface area contributed by atoms with Gasteiger partial charge in [-0.3, -0.25) is 4.79 Å². The van der Waals surface area contributed by atoms with Crippen LogP contribution in [0.15, 0.2) is 0 Å². The fourth-order valence-corrected chi connectivity index (χ4v) is 2.66. The molecule has 2 aliphatic rings. The highest BCUT2D eigenvalue weighted by Gasteiger charge is 2.45. The Balaban J connectivity index is 2.08. The quantitative estimate of drug-likeness (QED) is 0.740. The molecule has 3 atom stereocenters.